The van der Waals surface area contributed by atoms with E-state index >= 15 is 0 Å². The van der Waals surface area contributed by atoms with E-state index in [1.54, 1.807) is 6.92 Å². The van der Waals surface area contributed by atoms with Crippen molar-refractivity contribution in [1.29, 1.82) is 0 Å². The van der Waals surface area contributed by atoms with E-state index in [-0.39, 0.29) is 29.6 Å². The molecule has 0 unspecified atom stereocenters. The van der Waals surface area contributed by atoms with Gasteiger partial charge >= 0.3 is 0 Å². The summed E-state index contributed by atoms with van der Waals surface area (Å²) in [5.41, 5.74) is 0. The molecular formula is C12H22O4. The van der Waals surface area contributed by atoms with Gasteiger partial charge in [-0.15, -0.1) is 0 Å². The molecule has 0 bridgehead atoms. The third-order valence-corrected chi connectivity index (χ3v) is 0.996. The molecule has 0 aliphatic heterocycles. The second-order valence-electron chi connectivity index (χ2n) is 3.54. The SMILES string of the molecule is CC(=O)CC(C)=O.CC(C)=O.CCC(C)=O. The summed E-state index contributed by atoms with van der Waals surface area (Å²) in [6.07, 6.45) is 0.750. The van der Waals surface area contributed by atoms with Crippen LogP contribution in [0.2, 0.25) is 0 Å². The second-order valence-corrected chi connectivity index (χ2v) is 3.54. The third kappa shape index (κ3) is 79.0. The van der Waals surface area contributed by atoms with Crippen LogP contribution in [0.1, 0.15) is 54.4 Å². The lowest BCUT2D eigenvalue weighted by molar-refractivity contribution is -0.124. The van der Waals surface area contributed by atoms with E-state index in [1.807, 2.05) is 6.92 Å². The predicted molar refractivity (Wildman–Crippen MR) is 63.3 cm³/mol. The Hall–Kier alpha value is -1.32. The van der Waals surface area contributed by atoms with E-state index in [1.165, 1.54) is 27.7 Å². The fourth-order valence-corrected chi connectivity index (χ4v) is 0.351. The molecule has 0 rings (SSSR count). The molecule has 0 N–H and O–H groups in total. The lowest BCUT2D eigenvalue weighted by atomic mass is 10.2. The minimum atomic E-state index is -0.0625. The van der Waals surface area contributed by atoms with Crippen LogP contribution in [0.25, 0.3) is 0 Å². The van der Waals surface area contributed by atoms with Crippen LogP contribution >= 0.6 is 0 Å². The first-order valence-corrected chi connectivity index (χ1v) is 5.08. The number of hydrogen-bond donors (Lipinski definition) is 0. The van der Waals surface area contributed by atoms with Gasteiger partial charge in [0.2, 0.25) is 0 Å². The van der Waals surface area contributed by atoms with Crippen molar-refractivity contribution in [1.82, 2.24) is 0 Å². The third-order valence-electron chi connectivity index (χ3n) is 0.996. The van der Waals surface area contributed by atoms with Gasteiger partial charge in [0.15, 0.2) is 0 Å². The molecule has 0 saturated carbocycles. The zero-order chi connectivity index (χ0) is 13.7. The number of carbonyl (C=O) groups is 4. The topological polar surface area (TPSA) is 68.3 Å². The molecule has 0 aliphatic rings. The molecule has 4 heteroatoms. The molecule has 0 aliphatic carbocycles. The summed E-state index contributed by atoms with van der Waals surface area (Å²) in [6, 6.07) is 0. The van der Waals surface area contributed by atoms with Crippen molar-refractivity contribution in [2.24, 2.45) is 0 Å². The Bertz CT molecular complexity index is 225. The Morgan fingerprint density at radius 2 is 0.875 bits per heavy atom. The maximum absolute atomic E-state index is 10.0. The second kappa shape index (κ2) is 13.7. The fourth-order valence-electron chi connectivity index (χ4n) is 0.351. The molecule has 4 nitrogen and oxygen atoms in total. The molecule has 0 aromatic heterocycles. The average molecular weight is 230 g/mol. The first-order valence-electron chi connectivity index (χ1n) is 5.08. The van der Waals surface area contributed by atoms with Crippen LogP contribution < -0.4 is 0 Å². The van der Waals surface area contributed by atoms with Crippen LogP contribution in [0, 0.1) is 0 Å². The van der Waals surface area contributed by atoms with Crippen molar-refractivity contribution in [2.45, 2.75) is 54.4 Å². The summed E-state index contributed by atoms with van der Waals surface area (Å²) < 4.78 is 0. The van der Waals surface area contributed by atoms with Crippen LogP contribution in [0.3, 0.4) is 0 Å². The molecule has 0 radical (unpaired) electrons. The number of Topliss-reactive ketones (excluding diaryl/α,β-unsaturated/α-hetero) is 4. The van der Waals surface area contributed by atoms with Gasteiger partial charge in [-0.1, -0.05) is 6.92 Å². The summed E-state index contributed by atoms with van der Waals surface area (Å²) in [6.45, 7) is 9.30. The van der Waals surface area contributed by atoms with Crippen molar-refractivity contribution in [3.05, 3.63) is 0 Å². The van der Waals surface area contributed by atoms with E-state index < -0.39 is 0 Å². The fraction of sp³-hybridized carbons (Fsp3) is 0.667. The van der Waals surface area contributed by atoms with Crippen molar-refractivity contribution in [3.8, 4) is 0 Å². The van der Waals surface area contributed by atoms with Crippen molar-refractivity contribution < 1.29 is 19.2 Å². The molecule has 0 amide bonds. The Kier molecular flexibility index (Phi) is 17.2. The monoisotopic (exact) mass is 230 g/mol. The smallest absolute Gasteiger partial charge is 0.137 e. The van der Waals surface area contributed by atoms with E-state index in [9.17, 15) is 19.2 Å². The molecule has 0 fully saturated rings. The standard InChI is InChI=1S/C5H8O2.C4H8O.C3H6O/c1-4(6)3-5(2)7;1-3-4(2)5;1-3(2)4/h3H2,1-2H3;3H2,1-2H3;1-2H3. The Morgan fingerprint density at radius 3 is 0.875 bits per heavy atom. The maximum Gasteiger partial charge on any atom is 0.137 e. The summed E-state index contributed by atoms with van der Waals surface area (Å²) >= 11 is 0. The highest BCUT2D eigenvalue weighted by molar-refractivity contribution is 5.96. The van der Waals surface area contributed by atoms with Gasteiger partial charge in [0.05, 0.1) is 6.42 Å². The first-order chi connectivity index (χ1) is 7.13. The maximum atomic E-state index is 10.0. The molecule has 0 aromatic carbocycles. The zero-order valence-electron chi connectivity index (χ0n) is 11.0. The highest BCUT2D eigenvalue weighted by Gasteiger charge is 1.94. The van der Waals surface area contributed by atoms with E-state index in [0.29, 0.717) is 6.42 Å². The van der Waals surface area contributed by atoms with E-state index in [4.69, 9.17) is 0 Å². The van der Waals surface area contributed by atoms with Gasteiger partial charge in [-0.25, -0.2) is 0 Å². The van der Waals surface area contributed by atoms with Crippen LogP contribution in [-0.2, 0) is 19.2 Å². The quantitative estimate of drug-likeness (QED) is 0.696. The number of carbonyl (C=O) groups excluding carboxylic acids is 4. The summed E-state index contributed by atoms with van der Waals surface area (Å²) in [4.78, 5) is 39.3. The molecule has 94 valence electrons. The lowest BCUT2D eigenvalue weighted by Gasteiger charge is -1.81. The van der Waals surface area contributed by atoms with Crippen molar-refractivity contribution in [2.75, 3.05) is 0 Å². The first kappa shape index (κ1) is 20.1. The zero-order valence-corrected chi connectivity index (χ0v) is 11.0. The van der Waals surface area contributed by atoms with Crippen LogP contribution in [0.5, 0.6) is 0 Å². The molecule has 16 heavy (non-hydrogen) atoms. The minimum Gasteiger partial charge on any atom is -0.300 e. The summed E-state index contributed by atoms with van der Waals surface area (Å²) in [5.74, 6) is 0.296. The molecule has 0 saturated heterocycles. The molecule has 0 aromatic rings. The van der Waals surface area contributed by atoms with Gasteiger partial charge in [0.1, 0.15) is 23.1 Å². The van der Waals surface area contributed by atoms with Crippen molar-refractivity contribution >= 4 is 23.1 Å². The van der Waals surface area contributed by atoms with Gasteiger partial charge in [0, 0.05) is 6.42 Å². The number of ketones is 4. The van der Waals surface area contributed by atoms with Gasteiger partial charge in [-0.3, -0.25) is 9.59 Å². The van der Waals surface area contributed by atoms with Gasteiger partial charge < -0.3 is 9.59 Å². The Balaban J connectivity index is -0.000000166. The van der Waals surface area contributed by atoms with Crippen LogP contribution in [0.15, 0.2) is 0 Å². The Morgan fingerprint density at radius 1 is 0.688 bits per heavy atom. The number of rotatable bonds is 3. The minimum absolute atomic E-state index is 0.0625. The Labute approximate surface area is 97.4 Å². The molecular weight excluding hydrogens is 208 g/mol. The van der Waals surface area contributed by atoms with Gasteiger partial charge in [-0.05, 0) is 34.6 Å². The summed E-state index contributed by atoms with van der Waals surface area (Å²) in [7, 11) is 0. The van der Waals surface area contributed by atoms with E-state index in [2.05, 4.69) is 0 Å². The van der Waals surface area contributed by atoms with E-state index in [0.717, 1.165) is 0 Å². The molecule has 0 atom stereocenters. The predicted octanol–water partition coefficient (Wildman–Crippen LogP) is 2.14. The summed E-state index contributed by atoms with van der Waals surface area (Å²) in [5, 5.41) is 0. The van der Waals surface area contributed by atoms with Crippen LogP contribution in [-0.4, -0.2) is 23.1 Å². The van der Waals surface area contributed by atoms with Gasteiger partial charge in [-0.2, -0.15) is 0 Å². The van der Waals surface area contributed by atoms with Crippen molar-refractivity contribution in [3.63, 3.8) is 0 Å². The largest absolute Gasteiger partial charge is 0.300 e. The average Bonchev–Trinajstić information content (AvgIpc) is 2.01. The lowest BCUT2D eigenvalue weighted by Crippen LogP contribution is -1.97. The van der Waals surface area contributed by atoms with Gasteiger partial charge in [0.25, 0.3) is 0 Å². The van der Waals surface area contributed by atoms with Crippen LogP contribution in [0.4, 0.5) is 0 Å². The molecule has 0 spiro atoms. The molecule has 0 heterocycles. The number of hydrogen-bond acceptors (Lipinski definition) is 4. The normalized spacial score (nSPS) is 7.62. The highest BCUT2D eigenvalue weighted by atomic mass is 16.1. The highest BCUT2D eigenvalue weighted by Crippen LogP contribution is 1.80.